The van der Waals surface area contributed by atoms with Gasteiger partial charge < -0.3 is 4.90 Å². The Hall–Kier alpha value is -0.830. The number of halogens is 2. The van der Waals surface area contributed by atoms with Crippen LogP contribution in [0.4, 0.5) is 10.2 Å². The van der Waals surface area contributed by atoms with Crippen LogP contribution in [0.2, 0.25) is 0 Å². The van der Waals surface area contributed by atoms with Gasteiger partial charge in [-0.2, -0.15) is 0 Å². The van der Waals surface area contributed by atoms with E-state index in [0.717, 1.165) is 12.8 Å². The lowest BCUT2D eigenvalue weighted by molar-refractivity contribution is 0.412. The van der Waals surface area contributed by atoms with E-state index in [1.165, 1.54) is 25.3 Å². The molecule has 1 aliphatic rings. The number of nitrogens with zero attached hydrogens (tertiary/aromatic N) is 2. The molecule has 0 atom stereocenters. The van der Waals surface area contributed by atoms with Gasteiger partial charge in [-0.3, -0.25) is 0 Å². The van der Waals surface area contributed by atoms with Gasteiger partial charge in [0.15, 0.2) is 11.6 Å². The number of hydrogen-bond donors (Lipinski definition) is 0. The molecule has 0 amide bonds. The fourth-order valence-corrected chi connectivity index (χ4v) is 2.72. The molecule has 0 aliphatic heterocycles. The van der Waals surface area contributed by atoms with Crippen LogP contribution in [0.15, 0.2) is 18.3 Å². The first-order valence-electron chi connectivity index (χ1n) is 6.26. The highest BCUT2D eigenvalue weighted by molar-refractivity contribution is 6.18. The van der Waals surface area contributed by atoms with Crippen molar-refractivity contribution in [1.82, 2.24) is 4.98 Å². The Morgan fingerprint density at radius 3 is 2.76 bits per heavy atom. The highest BCUT2D eigenvalue weighted by Gasteiger charge is 2.23. The van der Waals surface area contributed by atoms with E-state index in [1.807, 2.05) is 4.90 Å². The van der Waals surface area contributed by atoms with Crippen LogP contribution >= 0.6 is 11.6 Å². The molecule has 0 bridgehead atoms. The van der Waals surface area contributed by atoms with E-state index >= 15 is 0 Å². The summed E-state index contributed by atoms with van der Waals surface area (Å²) in [5.41, 5.74) is 0. The summed E-state index contributed by atoms with van der Waals surface area (Å²) in [4.78, 5) is 6.21. The Labute approximate surface area is 107 Å². The molecule has 0 aromatic carbocycles. The molecular weight excluding hydrogens is 239 g/mol. The van der Waals surface area contributed by atoms with Crippen molar-refractivity contribution in [2.45, 2.75) is 38.1 Å². The second-order valence-electron chi connectivity index (χ2n) is 4.48. The van der Waals surface area contributed by atoms with Gasteiger partial charge in [0.25, 0.3) is 0 Å². The van der Waals surface area contributed by atoms with Crippen LogP contribution in [0.1, 0.15) is 32.1 Å². The Morgan fingerprint density at radius 2 is 2.12 bits per heavy atom. The molecule has 1 heterocycles. The van der Waals surface area contributed by atoms with E-state index in [4.69, 9.17) is 11.6 Å². The third-order valence-corrected chi connectivity index (χ3v) is 3.52. The quantitative estimate of drug-likeness (QED) is 0.766. The zero-order chi connectivity index (χ0) is 12.1. The standard InChI is InChI=1S/C13H18ClFN2/c14-8-10-17(11-5-2-1-3-6-11)13-12(15)7-4-9-16-13/h4,7,9,11H,1-3,5-6,8,10H2. The first-order valence-corrected chi connectivity index (χ1v) is 6.79. The highest BCUT2D eigenvalue weighted by atomic mass is 35.5. The normalized spacial score (nSPS) is 17.1. The zero-order valence-electron chi connectivity index (χ0n) is 9.91. The predicted molar refractivity (Wildman–Crippen MR) is 69.1 cm³/mol. The lowest BCUT2D eigenvalue weighted by Gasteiger charge is -2.35. The molecule has 2 nitrogen and oxygen atoms in total. The molecule has 17 heavy (non-hydrogen) atoms. The molecule has 1 aromatic rings. The molecule has 1 aromatic heterocycles. The molecule has 2 rings (SSSR count). The minimum Gasteiger partial charge on any atom is -0.350 e. The van der Waals surface area contributed by atoms with Crippen molar-refractivity contribution in [2.24, 2.45) is 0 Å². The van der Waals surface area contributed by atoms with E-state index in [1.54, 1.807) is 12.3 Å². The molecule has 0 spiro atoms. The Kier molecular flexibility index (Phi) is 4.60. The Balaban J connectivity index is 2.18. The van der Waals surface area contributed by atoms with Crippen molar-refractivity contribution in [3.8, 4) is 0 Å². The van der Waals surface area contributed by atoms with Gasteiger partial charge in [0.1, 0.15) is 0 Å². The molecule has 0 saturated heterocycles. The van der Waals surface area contributed by atoms with Crippen molar-refractivity contribution in [2.75, 3.05) is 17.3 Å². The number of pyridine rings is 1. The van der Waals surface area contributed by atoms with Crippen LogP contribution in [-0.4, -0.2) is 23.5 Å². The number of hydrogen-bond acceptors (Lipinski definition) is 2. The summed E-state index contributed by atoms with van der Waals surface area (Å²) in [6, 6.07) is 3.48. The van der Waals surface area contributed by atoms with Gasteiger partial charge in [-0.1, -0.05) is 19.3 Å². The molecule has 0 N–H and O–H groups in total. The Bertz CT molecular complexity index is 353. The first-order chi connectivity index (χ1) is 8.33. The summed E-state index contributed by atoms with van der Waals surface area (Å²) in [6.45, 7) is 0.667. The molecule has 4 heteroatoms. The maximum absolute atomic E-state index is 13.8. The average molecular weight is 257 g/mol. The van der Waals surface area contributed by atoms with E-state index in [2.05, 4.69) is 4.98 Å². The summed E-state index contributed by atoms with van der Waals surface area (Å²) in [5.74, 6) is 0.718. The SMILES string of the molecule is Fc1cccnc1N(CCCl)C1CCCCC1. The van der Waals surface area contributed by atoms with Crippen LogP contribution in [0.25, 0.3) is 0 Å². The second-order valence-corrected chi connectivity index (χ2v) is 4.86. The summed E-state index contributed by atoms with van der Waals surface area (Å²) in [6.07, 6.45) is 7.61. The number of aromatic nitrogens is 1. The monoisotopic (exact) mass is 256 g/mol. The molecule has 0 radical (unpaired) electrons. The van der Waals surface area contributed by atoms with Crippen molar-refractivity contribution < 1.29 is 4.39 Å². The predicted octanol–water partition coefficient (Wildman–Crippen LogP) is 3.60. The summed E-state index contributed by atoms with van der Waals surface area (Å²) >= 11 is 5.83. The topological polar surface area (TPSA) is 16.1 Å². The maximum atomic E-state index is 13.8. The minimum atomic E-state index is -0.247. The number of anilines is 1. The third-order valence-electron chi connectivity index (χ3n) is 3.35. The average Bonchev–Trinajstić information content (AvgIpc) is 2.38. The van der Waals surface area contributed by atoms with Gasteiger partial charge in [0.05, 0.1) is 0 Å². The van der Waals surface area contributed by atoms with Crippen molar-refractivity contribution >= 4 is 17.4 Å². The van der Waals surface area contributed by atoms with Gasteiger partial charge in [0, 0.05) is 24.7 Å². The van der Waals surface area contributed by atoms with Crippen LogP contribution in [-0.2, 0) is 0 Å². The van der Waals surface area contributed by atoms with Crippen molar-refractivity contribution in [1.29, 1.82) is 0 Å². The van der Waals surface area contributed by atoms with E-state index in [-0.39, 0.29) is 5.82 Å². The Morgan fingerprint density at radius 1 is 1.35 bits per heavy atom. The molecule has 0 unspecified atom stereocenters. The molecular formula is C13H18ClFN2. The summed E-state index contributed by atoms with van der Waals surface area (Å²) in [5, 5.41) is 0. The first kappa shape index (κ1) is 12.6. The smallest absolute Gasteiger partial charge is 0.165 e. The van der Waals surface area contributed by atoms with Crippen LogP contribution in [0.5, 0.6) is 0 Å². The van der Waals surface area contributed by atoms with Gasteiger partial charge in [-0.05, 0) is 25.0 Å². The van der Waals surface area contributed by atoms with Crippen LogP contribution in [0.3, 0.4) is 0 Å². The van der Waals surface area contributed by atoms with Crippen LogP contribution < -0.4 is 4.90 Å². The lowest BCUT2D eigenvalue weighted by atomic mass is 9.94. The summed E-state index contributed by atoms with van der Waals surface area (Å²) < 4.78 is 13.8. The van der Waals surface area contributed by atoms with Crippen molar-refractivity contribution in [3.63, 3.8) is 0 Å². The van der Waals surface area contributed by atoms with Gasteiger partial charge in [-0.15, -0.1) is 11.6 Å². The highest BCUT2D eigenvalue weighted by Crippen LogP contribution is 2.27. The van der Waals surface area contributed by atoms with E-state index < -0.39 is 0 Å². The number of rotatable bonds is 4. The lowest BCUT2D eigenvalue weighted by Crippen LogP contribution is -2.39. The minimum absolute atomic E-state index is 0.247. The maximum Gasteiger partial charge on any atom is 0.165 e. The van der Waals surface area contributed by atoms with Crippen molar-refractivity contribution in [3.05, 3.63) is 24.1 Å². The van der Waals surface area contributed by atoms with Gasteiger partial charge >= 0.3 is 0 Å². The third kappa shape index (κ3) is 3.09. The molecule has 94 valence electrons. The summed E-state index contributed by atoms with van der Waals surface area (Å²) in [7, 11) is 0. The molecule has 1 fully saturated rings. The zero-order valence-corrected chi connectivity index (χ0v) is 10.7. The van der Waals surface area contributed by atoms with Gasteiger partial charge in [-0.25, -0.2) is 9.37 Å². The van der Waals surface area contributed by atoms with E-state index in [0.29, 0.717) is 24.3 Å². The number of alkyl halides is 1. The fourth-order valence-electron chi connectivity index (χ4n) is 2.53. The van der Waals surface area contributed by atoms with Gasteiger partial charge in [0.2, 0.25) is 0 Å². The molecule has 1 saturated carbocycles. The fraction of sp³-hybridized carbons (Fsp3) is 0.615. The second kappa shape index (κ2) is 6.20. The van der Waals surface area contributed by atoms with Crippen LogP contribution in [0, 0.1) is 5.82 Å². The molecule has 1 aliphatic carbocycles. The van der Waals surface area contributed by atoms with E-state index in [9.17, 15) is 4.39 Å². The largest absolute Gasteiger partial charge is 0.350 e.